The second-order valence-corrected chi connectivity index (χ2v) is 3.82. The van der Waals surface area contributed by atoms with Crippen LogP contribution in [0.4, 0.5) is 0 Å². The van der Waals surface area contributed by atoms with E-state index in [1.54, 1.807) is 12.0 Å². The predicted molar refractivity (Wildman–Crippen MR) is 65.9 cm³/mol. The molecule has 7 heteroatoms. The Labute approximate surface area is 107 Å². The van der Waals surface area contributed by atoms with Crippen LogP contribution in [0.3, 0.4) is 0 Å². The van der Waals surface area contributed by atoms with E-state index in [2.05, 4.69) is 5.32 Å². The quantitative estimate of drug-likeness (QED) is 0.611. The molecule has 0 saturated carbocycles. The van der Waals surface area contributed by atoms with Gasteiger partial charge in [-0.15, -0.1) is 12.4 Å². The molecule has 0 aromatic rings. The third kappa shape index (κ3) is 4.89. The highest BCUT2D eigenvalue weighted by atomic mass is 35.5. The van der Waals surface area contributed by atoms with Gasteiger partial charge < -0.3 is 20.7 Å². The highest BCUT2D eigenvalue weighted by Crippen LogP contribution is 2.16. The number of nitrogens with two attached hydrogens (primary N) is 1. The molecule has 1 unspecified atom stereocenters. The van der Waals surface area contributed by atoms with Crippen molar-refractivity contribution in [3.8, 4) is 0 Å². The van der Waals surface area contributed by atoms with Crippen molar-refractivity contribution in [1.82, 2.24) is 10.2 Å². The maximum absolute atomic E-state index is 11.7. The third-order valence-electron chi connectivity index (χ3n) is 2.66. The summed E-state index contributed by atoms with van der Waals surface area (Å²) >= 11 is 0. The minimum atomic E-state index is -0.420. The van der Waals surface area contributed by atoms with Crippen LogP contribution in [0.25, 0.3) is 0 Å². The number of methoxy groups -OCH3 is 1. The molecule has 0 bridgehead atoms. The highest BCUT2D eigenvalue weighted by Gasteiger charge is 2.31. The fraction of sp³-hybridized carbons (Fsp3) is 0.800. The van der Waals surface area contributed by atoms with Crippen molar-refractivity contribution < 1.29 is 14.3 Å². The largest absolute Gasteiger partial charge is 0.383 e. The summed E-state index contributed by atoms with van der Waals surface area (Å²) in [4.78, 5) is 24.4. The number of halogens is 1. The van der Waals surface area contributed by atoms with E-state index in [1.807, 2.05) is 0 Å². The molecule has 0 aliphatic carbocycles. The zero-order chi connectivity index (χ0) is 12.0. The normalized spacial score (nSPS) is 18.9. The Morgan fingerprint density at radius 1 is 1.53 bits per heavy atom. The van der Waals surface area contributed by atoms with E-state index in [-0.39, 0.29) is 24.9 Å². The number of ether oxygens (including phenoxy) is 1. The van der Waals surface area contributed by atoms with E-state index in [0.29, 0.717) is 26.1 Å². The van der Waals surface area contributed by atoms with Gasteiger partial charge in [-0.25, -0.2) is 0 Å². The molecule has 6 nitrogen and oxygen atoms in total. The number of nitrogens with one attached hydrogen (secondary N) is 1. The van der Waals surface area contributed by atoms with Crippen molar-refractivity contribution in [2.45, 2.75) is 18.9 Å². The minimum absolute atomic E-state index is 0. The Bertz CT molecular complexity index is 263. The zero-order valence-corrected chi connectivity index (χ0v) is 10.8. The molecule has 0 aromatic heterocycles. The smallest absolute Gasteiger partial charge is 0.240 e. The lowest BCUT2D eigenvalue weighted by molar-refractivity contribution is -0.136. The lowest BCUT2D eigenvalue weighted by Gasteiger charge is -2.22. The van der Waals surface area contributed by atoms with Crippen molar-refractivity contribution >= 4 is 24.2 Å². The molecule has 1 rings (SSSR count). The molecular weight excluding hydrogens is 246 g/mol. The van der Waals surface area contributed by atoms with Crippen LogP contribution >= 0.6 is 12.4 Å². The Kier molecular flexibility index (Phi) is 7.86. The van der Waals surface area contributed by atoms with Crippen LogP contribution in [-0.4, -0.2) is 56.1 Å². The van der Waals surface area contributed by atoms with Crippen molar-refractivity contribution in [2.24, 2.45) is 5.73 Å². The van der Waals surface area contributed by atoms with Crippen molar-refractivity contribution in [1.29, 1.82) is 0 Å². The van der Waals surface area contributed by atoms with Gasteiger partial charge in [-0.05, 0) is 12.8 Å². The summed E-state index contributed by atoms with van der Waals surface area (Å²) in [5.41, 5.74) is 5.23. The number of likely N-dealkylation sites (tertiary alicyclic amines) is 1. The molecule has 3 N–H and O–H groups in total. The summed E-state index contributed by atoms with van der Waals surface area (Å²) in [6, 6.07) is -0.420. The summed E-state index contributed by atoms with van der Waals surface area (Å²) in [5, 5.41) is 2.95. The summed E-state index contributed by atoms with van der Waals surface area (Å²) < 4.78 is 4.85. The Morgan fingerprint density at radius 2 is 2.24 bits per heavy atom. The SMILES string of the molecule is COCCNCC(=O)N1CCCC1C(N)=O.Cl. The van der Waals surface area contributed by atoms with Gasteiger partial charge in [0, 0.05) is 20.2 Å². The molecule has 100 valence electrons. The van der Waals surface area contributed by atoms with Crippen LogP contribution in [-0.2, 0) is 14.3 Å². The van der Waals surface area contributed by atoms with Crippen LogP contribution in [0.1, 0.15) is 12.8 Å². The zero-order valence-electron chi connectivity index (χ0n) is 9.98. The maximum atomic E-state index is 11.7. The Balaban J connectivity index is 0.00000256. The number of carbonyl (C=O) groups excluding carboxylic acids is 2. The van der Waals surface area contributed by atoms with Gasteiger partial charge >= 0.3 is 0 Å². The summed E-state index contributed by atoms with van der Waals surface area (Å²) in [7, 11) is 1.60. The van der Waals surface area contributed by atoms with E-state index in [1.165, 1.54) is 0 Å². The standard InChI is InChI=1S/C10H19N3O3.ClH/c1-16-6-4-12-7-9(14)13-5-2-3-8(13)10(11)15;/h8,12H,2-7H2,1H3,(H2,11,15);1H. The van der Waals surface area contributed by atoms with E-state index in [9.17, 15) is 9.59 Å². The van der Waals surface area contributed by atoms with Gasteiger partial charge in [0.15, 0.2) is 0 Å². The molecule has 1 aliphatic rings. The summed E-state index contributed by atoms with van der Waals surface area (Å²) in [6.45, 7) is 2.04. The number of amides is 2. The van der Waals surface area contributed by atoms with Crippen molar-refractivity contribution in [3.05, 3.63) is 0 Å². The first-order chi connectivity index (χ1) is 7.66. The van der Waals surface area contributed by atoms with Crippen molar-refractivity contribution in [3.63, 3.8) is 0 Å². The molecule has 1 atom stereocenters. The van der Waals surface area contributed by atoms with E-state index >= 15 is 0 Å². The average Bonchev–Trinajstić information content (AvgIpc) is 2.73. The minimum Gasteiger partial charge on any atom is -0.383 e. The molecule has 1 fully saturated rings. The maximum Gasteiger partial charge on any atom is 0.240 e. The number of hydrogen-bond donors (Lipinski definition) is 2. The third-order valence-corrected chi connectivity index (χ3v) is 2.66. The molecule has 1 heterocycles. The number of carbonyl (C=O) groups is 2. The van der Waals surface area contributed by atoms with Crippen molar-refractivity contribution in [2.75, 3.05) is 33.4 Å². The second-order valence-electron chi connectivity index (χ2n) is 3.82. The lowest BCUT2D eigenvalue weighted by atomic mass is 10.2. The van der Waals surface area contributed by atoms with E-state index < -0.39 is 11.9 Å². The van der Waals surface area contributed by atoms with Gasteiger partial charge in [0.25, 0.3) is 0 Å². The monoisotopic (exact) mass is 265 g/mol. The molecule has 0 spiro atoms. The highest BCUT2D eigenvalue weighted by molar-refractivity contribution is 5.88. The molecule has 0 radical (unpaired) electrons. The van der Waals surface area contributed by atoms with Gasteiger partial charge in [-0.1, -0.05) is 0 Å². The number of hydrogen-bond acceptors (Lipinski definition) is 4. The Morgan fingerprint density at radius 3 is 2.82 bits per heavy atom. The van der Waals surface area contributed by atoms with Crippen LogP contribution in [0.15, 0.2) is 0 Å². The van der Waals surface area contributed by atoms with E-state index in [4.69, 9.17) is 10.5 Å². The first-order valence-electron chi connectivity index (χ1n) is 5.45. The molecule has 1 saturated heterocycles. The van der Waals surface area contributed by atoms with Gasteiger partial charge in [-0.2, -0.15) is 0 Å². The summed E-state index contributed by atoms with van der Waals surface area (Å²) in [6.07, 6.45) is 1.52. The fourth-order valence-corrected chi connectivity index (χ4v) is 1.83. The van der Waals surface area contributed by atoms with Gasteiger partial charge in [0.2, 0.25) is 11.8 Å². The summed E-state index contributed by atoms with van der Waals surface area (Å²) in [5.74, 6) is -0.486. The van der Waals surface area contributed by atoms with Crippen LogP contribution in [0.5, 0.6) is 0 Å². The molecular formula is C10H20ClN3O3. The predicted octanol–water partition coefficient (Wildman–Crippen LogP) is -0.879. The molecule has 0 aromatic carbocycles. The second kappa shape index (κ2) is 8.27. The molecule has 1 aliphatic heterocycles. The van der Waals surface area contributed by atoms with Crippen LogP contribution < -0.4 is 11.1 Å². The lowest BCUT2D eigenvalue weighted by Crippen LogP contribution is -2.47. The first kappa shape index (κ1) is 16.1. The fourth-order valence-electron chi connectivity index (χ4n) is 1.83. The van der Waals surface area contributed by atoms with Gasteiger partial charge in [0.1, 0.15) is 6.04 Å². The van der Waals surface area contributed by atoms with Gasteiger partial charge in [-0.3, -0.25) is 9.59 Å². The van der Waals surface area contributed by atoms with Gasteiger partial charge in [0.05, 0.1) is 13.2 Å². The average molecular weight is 266 g/mol. The number of rotatable bonds is 6. The van der Waals surface area contributed by atoms with Crippen LogP contribution in [0, 0.1) is 0 Å². The number of primary amides is 1. The topological polar surface area (TPSA) is 84.7 Å². The van der Waals surface area contributed by atoms with E-state index in [0.717, 1.165) is 6.42 Å². The molecule has 17 heavy (non-hydrogen) atoms. The first-order valence-corrected chi connectivity index (χ1v) is 5.45. The van der Waals surface area contributed by atoms with Crippen LogP contribution in [0.2, 0.25) is 0 Å². The number of nitrogens with zero attached hydrogens (tertiary/aromatic N) is 1. The Hall–Kier alpha value is -0.850. The molecule has 2 amide bonds.